The second kappa shape index (κ2) is 4.92. The number of ether oxygens (including phenoxy) is 1. The molecule has 2 aromatic rings. The molecule has 1 aliphatic heterocycles. The fourth-order valence-electron chi connectivity index (χ4n) is 2.51. The van der Waals surface area contributed by atoms with Crippen molar-refractivity contribution in [3.8, 4) is 0 Å². The Morgan fingerprint density at radius 3 is 2.56 bits per heavy atom. The van der Waals surface area contributed by atoms with Crippen molar-refractivity contribution in [1.82, 2.24) is 0 Å². The largest absolute Gasteiger partial charge is 0.385 e. The molecule has 92 valence electrons. The van der Waals surface area contributed by atoms with Crippen LogP contribution >= 0.6 is 0 Å². The molecule has 0 amide bonds. The molecule has 0 saturated heterocycles. The van der Waals surface area contributed by atoms with Crippen molar-refractivity contribution in [3.05, 3.63) is 71.3 Å². The zero-order valence-electron chi connectivity index (χ0n) is 10.1. The van der Waals surface area contributed by atoms with Gasteiger partial charge in [-0.15, -0.1) is 0 Å². The maximum atomic E-state index is 10.5. The zero-order valence-corrected chi connectivity index (χ0v) is 10.1. The molecule has 2 atom stereocenters. The average Bonchev–Trinajstić information content (AvgIpc) is 2.47. The normalized spacial score (nSPS) is 20.2. The summed E-state index contributed by atoms with van der Waals surface area (Å²) in [5, 5.41) is 10.5. The zero-order chi connectivity index (χ0) is 12.4. The van der Waals surface area contributed by atoms with Gasteiger partial charge in [0.15, 0.2) is 0 Å². The molecule has 1 N–H and O–H groups in total. The van der Waals surface area contributed by atoms with Gasteiger partial charge >= 0.3 is 0 Å². The van der Waals surface area contributed by atoms with Gasteiger partial charge in [0.1, 0.15) is 12.2 Å². The predicted molar refractivity (Wildman–Crippen MR) is 70.2 cm³/mol. The molecular formula is C16H16O2. The number of aliphatic hydroxyl groups is 1. The van der Waals surface area contributed by atoms with Crippen molar-refractivity contribution >= 4 is 0 Å². The molecule has 2 nitrogen and oxygen atoms in total. The van der Waals surface area contributed by atoms with Crippen LogP contribution in [-0.2, 0) is 11.2 Å². The number of hydrogen-bond donors (Lipinski definition) is 1. The molecule has 0 bridgehead atoms. The van der Waals surface area contributed by atoms with Gasteiger partial charge < -0.3 is 9.84 Å². The first kappa shape index (κ1) is 11.5. The van der Waals surface area contributed by atoms with Crippen molar-refractivity contribution in [2.45, 2.75) is 18.6 Å². The summed E-state index contributed by atoms with van der Waals surface area (Å²) in [7, 11) is 0. The first-order valence-electron chi connectivity index (χ1n) is 6.28. The van der Waals surface area contributed by atoms with E-state index in [9.17, 15) is 5.11 Å². The number of benzene rings is 2. The summed E-state index contributed by atoms with van der Waals surface area (Å²) in [5.74, 6) is 0. The third-order valence-electron chi connectivity index (χ3n) is 3.46. The Labute approximate surface area is 107 Å². The standard InChI is InChI=1S/C16H16O2/c17-15(13-7-2-1-3-8-13)16-14-9-5-4-6-12(14)10-11-18-16/h1-9,15-17H,10-11H2. The van der Waals surface area contributed by atoms with Gasteiger partial charge in [0.2, 0.25) is 0 Å². The number of rotatable bonds is 2. The monoisotopic (exact) mass is 240 g/mol. The van der Waals surface area contributed by atoms with E-state index < -0.39 is 6.10 Å². The first-order valence-corrected chi connectivity index (χ1v) is 6.28. The fraction of sp³-hybridized carbons (Fsp3) is 0.250. The van der Waals surface area contributed by atoms with Crippen molar-refractivity contribution in [2.24, 2.45) is 0 Å². The Morgan fingerprint density at radius 1 is 1.00 bits per heavy atom. The highest BCUT2D eigenvalue weighted by atomic mass is 16.5. The van der Waals surface area contributed by atoms with Crippen molar-refractivity contribution in [2.75, 3.05) is 6.61 Å². The molecule has 0 radical (unpaired) electrons. The van der Waals surface area contributed by atoms with Crippen molar-refractivity contribution in [3.63, 3.8) is 0 Å². The molecule has 0 spiro atoms. The Hall–Kier alpha value is -1.64. The SMILES string of the molecule is OC(c1ccccc1)C1OCCc2ccccc21. The number of fused-ring (bicyclic) bond motifs is 1. The predicted octanol–water partition coefficient (Wildman–Crippen LogP) is 3.03. The average molecular weight is 240 g/mol. The number of aliphatic hydroxyl groups excluding tert-OH is 1. The summed E-state index contributed by atoms with van der Waals surface area (Å²) >= 11 is 0. The minimum Gasteiger partial charge on any atom is -0.385 e. The molecule has 2 unspecified atom stereocenters. The lowest BCUT2D eigenvalue weighted by Crippen LogP contribution is -2.22. The molecule has 0 fully saturated rings. The van der Waals surface area contributed by atoms with Crippen LogP contribution in [0.15, 0.2) is 54.6 Å². The van der Waals surface area contributed by atoms with E-state index >= 15 is 0 Å². The lowest BCUT2D eigenvalue weighted by Gasteiger charge is -2.29. The fourth-order valence-corrected chi connectivity index (χ4v) is 2.51. The summed E-state index contributed by atoms with van der Waals surface area (Å²) in [4.78, 5) is 0. The quantitative estimate of drug-likeness (QED) is 0.874. The highest BCUT2D eigenvalue weighted by Gasteiger charge is 2.28. The summed E-state index contributed by atoms with van der Waals surface area (Å²) in [6, 6.07) is 17.9. The van der Waals surface area contributed by atoms with Gasteiger partial charge in [-0.2, -0.15) is 0 Å². The van der Waals surface area contributed by atoms with Crippen molar-refractivity contribution < 1.29 is 9.84 Å². The van der Waals surface area contributed by atoms with Gasteiger partial charge in [0, 0.05) is 0 Å². The van der Waals surface area contributed by atoms with Crippen LogP contribution in [0, 0.1) is 0 Å². The van der Waals surface area contributed by atoms with Crippen LogP contribution in [-0.4, -0.2) is 11.7 Å². The summed E-state index contributed by atoms with van der Waals surface area (Å²) in [5.41, 5.74) is 3.29. The van der Waals surface area contributed by atoms with E-state index in [0.717, 1.165) is 17.5 Å². The summed E-state index contributed by atoms with van der Waals surface area (Å²) in [6.07, 6.45) is 0.0683. The highest BCUT2D eigenvalue weighted by molar-refractivity contribution is 5.33. The van der Waals surface area contributed by atoms with Crippen LogP contribution in [0.25, 0.3) is 0 Å². The summed E-state index contributed by atoms with van der Waals surface area (Å²) < 4.78 is 5.77. The van der Waals surface area contributed by atoms with Gasteiger partial charge in [-0.25, -0.2) is 0 Å². The van der Waals surface area contributed by atoms with Crippen LogP contribution in [0.3, 0.4) is 0 Å². The maximum Gasteiger partial charge on any atom is 0.113 e. The van der Waals surface area contributed by atoms with E-state index in [1.165, 1.54) is 5.56 Å². The van der Waals surface area contributed by atoms with Crippen LogP contribution in [0.4, 0.5) is 0 Å². The number of hydrogen-bond acceptors (Lipinski definition) is 2. The minimum absolute atomic E-state index is 0.252. The van der Waals surface area contributed by atoms with E-state index in [2.05, 4.69) is 6.07 Å². The van der Waals surface area contributed by atoms with Crippen LogP contribution in [0.5, 0.6) is 0 Å². The molecule has 0 saturated carbocycles. The lowest BCUT2D eigenvalue weighted by molar-refractivity contribution is -0.0482. The van der Waals surface area contributed by atoms with Crippen LogP contribution < -0.4 is 0 Å². The maximum absolute atomic E-state index is 10.5. The third-order valence-corrected chi connectivity index (χ3v) is 3.46. The second-order valence-corrected chi connectivity index (χ2v) is 4.60. The van der Waals surface area contributed by atoms with Crippen LogP contribution in [0.1, 0.15) is 28.9 Å². The smallest absolute Gasteiger partial charge is 0.113 e. The Kier molecular flexibility index (Phi) is 3.13. The second-order valence-electron chi connectivity index (χ2n) is 4.60. The molecule has 0 aliphatic carbocycles. The Morgan fingerprint density at radius 2 is 1.72 bits per heavy atom. The van der Waals surface area contributed by atoms with E-state index in [1.807, 2.05) is 48.5 Å². The van der Waals surface area contributed by atoms with Crippen LogP contribution in [0.2, 0.25) is 0 Å². The van der Waals surface area contributed by atoms with Gasteiger partial charge in [-0.3, -0.25) is 0 Å². The molecule has 2 aromatic carbocycles. The minimum atomic E-state index is -0.604. The van der Waals surface area contributed by atoms with Crippen molar-refractivity contribution in [1.29, 1.82) is 0 Å². The van der Waals surface area contributed by atoms with E-state index in [-0.39, 0.29) is 6.10 Å². The molecule has 0 aromatic heterocycles. The lowest BCUT2D eigenvalue weighted by atomic mass is 9.91. The molecule has 18 heavy (non-hydrogen) atoms. The molecule has 1 heterocycles. The van der Waals surface area contributed by atoms with E-state index in [0.29, 0.717) is 6.61 Å². The van der Waals surface area contributed by atoms with E-state index in [4.69, 9.17) is 4.74 Å². The van der Waals surface area contributed by atoms with E-state index in [1.54, 1.807) is 0 Å². The van der Waals surface area contributed by atoms with Gasteiger partial charge in [0.05, 0.1) is 6.61 Å². The van der Waals surface area contributed by atoms with Gasteiger partial charge in [-0.05, 0) is 23.1 Å². The topological polar surface area (TPSA) is 29.5 Å². The van der Waals surface area contributed by atoms with Gasteiger partial charge in [0.25, 0.3) is 0 Å². The first-order chi connectivity index (χ1) is 8.86. The molecule has 2 heteroatoms. The Bertz CT molecular complexity index is 522. The summed E-state index contributed by atoms with van der Waals surface area (Å²) in [6.45, 7) is 0.672. The Balaban J connectivity index is 1.94. The van der Waals surface area contributed by atoms with Gasteiger partial charge in [-0.1, -0.05) is 54.6 Å². The molecule has 3 rings (SSSR count). The highest BCUT2D eigenvalue weighted by Crippen LogP contribution is 2.36. The third kappa shape index (κ3) is 2.05. The molecule has 1 aliphatic rings. The molecular weight excluding hydrogens is 224 g/mol.